The fraction of sp³-hybridized carbons (Fsp3) is 0.118. The first-order chi connectivity index (χ1) is 11.1. The van der Waals surface area contributed by atoms with Crippen molar-refractivity contribution in [2.45, 2.75) is 13.0 Å². The largest absolute Gasteiger partial charge is 0.508 e. The van der Waals surface area contributed by atoms with Crippen molar-refractivity contribution in [2.75, 3.05) is 0 Å². The van der Waals surface area contributed by atoms with E-state index in [-0.39, 0.29) is 11.7 Å². The summed E-state index contributed by atoms with van der Waals surface area (Å²) in [5.74, 6) is -0.594. The molecule has 2 aromatic rings. The molecule has 0 bridgehead atoms. The van der Waals surface area contributed by atoms with Gasteiger partial charge in [0.1, 0.15) is 11.8 Å². The molecule has 2 amide bonds. The van der Waals surface area contributed by atoms with Crippen LogP contribution in [0.25, 0.3) is 0 Å². The maximum Gasteiger partial charge on any atom is 0.262 e. The molecule has 0 aliphatic heterocycles. The number of benzene rings is 2. The van der Waals surface area contributed by atoms with E-state index >= 15 is 0 Å². The zero-order valence-electron chi connectivity index (χ0n) is 12.6. The highest BCUT2D eigenvalue weighted by molar-refractivity contribution is 5.97. The van der Waals surface area contributed by atoms with Crippen molar-refractivity contribution in [1.82, 2.24) is 10.7 Å². The average Bonchev–Trinajstić information content (AvgIpc) is 2.57. The van der Waals surface area contributed by atoms with Crippen molar-refractivity contribution in [2.24, 2.45) is 5.10 Å². The Hall–Kier alpha value is -3.15. The molecule has 2 aromatic carbocycles. The fourth-order valence-corrected chi connectivity index (χ4v) is 1.76. The van der Waals surface area contributed by atoms with E-state index < -0.39 is 11.9 Å². The molecule has 0 saturated heterocycles. The predicted octanol–water partition coefficient (Wildman–Crippen LogP) is 1.66. The second-order valence-electron chi connectivity index (χ2n) is 4.89. The monoisotopic (exact) mass is 311 g/mol. The van der Waals surface area contributed by atoms with Gasteiger partial charge in [0.15, 0.2) is 0 Å². The van der Waals surface area contributed by atoms with Crippen molar-refractivity contribution in [3.63, 3.8) is 0 Å². The predicted molar refractivity (Wildman–Crippen MR) is 87.2 cm³/mol. The maximum atomic E-state index is 11.9. The molecule has 0 aliphatic rings. The third-order valence-electron chi connectivity index (χ3n) is 3.06. The minimum atomic E-state index is -0.723. The van der Waals surface area contributed by atoms with Crippen LogP contribution in [0.3, 0.4) is 0 Å². The van der Waals surface area contributed by atoms with Crippen molar-refractivity contribution in [3.05, 3.63) is 65.7 Å². The lowest BCUT2D eigenvalue weighted by Gasteiger charge is -2.12. The molecule has 0 unspecified atom stereocenters. The van der Waals surface area contributed by atoms with E-state index in [4.69, 9.17) is 5.11 Å². The number of carbonyl (C=O) groups excluding carboxylic acids is 2. The molecule has 0 aromatic heterocycles. The van der Waals surface area contributed by atoms with Gasteiger partial charge in [0.2, 0.25) is 0 Å². The minimum Gasteiger partial charge on any atom is -0.508 e. The standard InChI is InChI=1S/C17H17N3O3/c1-12(19-17(23)14-5-3-2-4-6-14)16(22)20-18-11-13-7-9-15(21)10-8-13/h2-12,21H,1H3,(H,19,23)(H,20,22)/b18-11-/t12-/m0/s1. The highest BCUT2D eigenvalue weighted by atomic mass is 16.3. The molecule has 0 spiro atoms. The van der Waals surface area contributed by atoms with Gasteiger partial charge in [-0.05, 0) is 48.9 Å². The summed E-state index contributed by atoms with van der Waals surface area (Å²) in [6.07, 6.45) is 1.45. The van der Waals surface area contributed by atoms with Crippen LogP contribution < -0.4 is 10.7 Å². The summed E-state index contributed by atoms with van der Waals surface area (Å²) in [4.78, 5) is 23.8. The summed E-state index contributed by atoms with van der Waals surface area (Å²) in [5, 5.41) is 15.6. The molecule has 0 saturated carbocycles. The molecule has 2 rings (SSSR count). The third-order valence-corrected chi connectivity index (χ3v) is 3.06. The highest BCUT2D eigenvalue weighted by Gasteiger charge is 2.15. The van der Waals surface area contributed by atoms with E-state index in [1.807, 2.05) is 6.07 Å². The Morgan fingerprint density at radius 1 is 1.09 bits per heavy atom. The topological polar surface area (TPSA) is 90.8 Å². The molecule has 23 heavy (non-hydrogen) atoms. The van der Waals surface area contributed by atoms with Crippen molar-refractivity contribution < 1.29 is 14.7 Å². The highest BCUT2D eigenvalue weighted by Crippen LogP contribution is 2.07. The van der Waals surface area contributed by atoms with Crippen LogP contribution in [-0.2, 0) is 4.79 Å². The number of amides is 2. The number of hydrazone groups is 1. The Morgan fingerprint density at radius 3 is 2.39 bits per heavy atom. The quantitative estimate of drug-likeness (QED) is 0.579. The summed E-state index contributed by atoms with van der Waals surface area (Å²) in [6, 6.07) is 14.3. The number of aromatic hydroxyl groups is 1. The molecule has 1 atom stereocenters. The van der Waals surface area contributed by atoms with Crippen molar-refractivity contribution in [3.8, 4) is 5.75 Å². The molecule has 0 heterocycles. The zero-order chi connectivity index (χ0) is 16.7. The minimum absolute atomic E-state index is 0.156. The van der Waals surface area contributed by atoms with E-state index in [0.29, 0.717) is 5.56 Å². The number of rotatable bonds is 5. The molecule has 118 valence electrons. The number of nitrogens with zero attached hydrogens (tertiary/aromatic N) is 1. The molecular formula is C17H17N3O3. The van der Waals surface area contributed by atoms with Gasteiger partial charge in [-0.3, -0.25) is 9.59 Å². The third kappa shape index (κ3) is 4.96. The van der Waals surface area contributed by atoms with Crippen LogP contribution >= 0.6 is 0 Å². The molecule has 0 radical (unpaired) electrons. The molecule has 0 fully saturated rings. The molecule has 6 nitrogen and oxygen atoms in total. The number of phenols is 1. The Kier molecular flexibility index (Phi) is 5.46. The second kappa shape index (κ2) is 7.74. The van der Waals surface area contributed by atoms with E-state index in [9.17, 15) is 9.59 Å². The Morgan fingerprint density at radius 2 is 1.74 bits per heavy atom. The first-order valence-corrected chi connectivity index (χ1v) is 7.04. The number of phenolic OH excluding ortho intramolecular Hbond substituents is 1. The maximum absolute atomic E-state index is 11.9. The Labute approximate surface area is 133 Å². The van der Waals surface area contributed by atoms with Gasteiger partial charge in [0, 0.05) is 5.56 Å². The number of nitrogens with one attached hydrogen (secondary N) is 2. The normalized spacial score (nSPS) is 11.9. The van der Waals surface area contributed by atoms with Crippen LogP contribution in [0.1, 0.15) is 22.8 Å². The van der Waals surface area contributed by atoms with Crippen LogP contribution in [-0.4, -0.2) is 29.2 Å². The summed E-state index contributed by atoms with van der Waals surface area (Å²) in [5.41, 5.74) is 3.57. The lowest BCUT2D eigenvalue weighted by Crippen LogP contribution is -2.43. The molecular weight excluding hydrogens is 294 g/mol. The van der Waals surface area contributed by atoms with Crippen LogP contribution in [0, 0.1) is 0 Å². The van der Waals surface area contributed by atoms with E-state index in [2.05, 4.69) is 15.8 Å². The summed E-state index contributed by atoms with van der Waals surface area (Å²) in [6.45, 7) is 1.58. The number of hydrogen-bond acceptors (Lipinski definition) is 4. The van der Waals surface area contributed by atoms with Gasteiger partial charge in [-0.15, -0.1) is 0 Å². The van der Waals surface area contributed by atoms with Gasteiger partial charge in [-0.2, -0.15) is 5.10 Å². The molecule has 6 heteroatoms. The molecule has 0 aliphatic carbocycles. The first-order valence-electron chi connectivity index (χ1n) is 7.04. The summed E-state index contributed by atoms with van der Waals surface area (Å²) < 4.78 is 0. The summed E-state index contributed by atoms with van der Waals surface area (Å²) >= 11 is 0. The van der Waals surface area contributed by atoms with Gasteiger partial charge >= 0.3 is 0 Å². The first kappa shape index (κ1) is 16.2. The zero-order valence-corrected chi connectivity index (χ0v) is 12.6. The lowest BCUT2D eigenvalue weighted by atomic mass is 10.2. The summed E-state index contributed by atoms with van der Waals surface area (Å²) in [7, 11) is 0. The number of carbonyl (C=O) groups is 2. The lowest BCUT2D eigenvalue weighted by molar-refractivity contribution is -0.122. The second-order valence-corrected chi connectivity index (χ2v) is 4.89. The van der Waals surface area contributed by atoms with Crippen molar-refractivity contribution >= 4 is 18.0 Å². The Balaban J connectivity index is 1.85. The van der Waals surface area contributed by atoms with E-state index in [0.717, 1.165) is 5.56 Å². The fourth-order valence-electron chi connectivity index (χ4n) is 1.76. The average molecular weight is 311 g/mol. The van der Waals surface area contributed by atoms with E-state index in [1.165, 1.54) is 18.3 Å². The van der Waals surface area contributed by atoms with Gasteiger partial charge in [0.05, 0.1) is 6.21 Å². The Bertz CT molecular complexity index is 697. The van der Waals surface area contributed by atoms with Crippen LogP contribution in [0.5, 0.6) is 5.75 Å². The van der Waals surface area contributed by atoms with Gasteiger partial charge in [-0.1, -0.05) is 18.2 Å². The smallest absolute Gasteiger partial charge is 0.262 e. The van der Waals surface area contributed by atoms with Crippen LogP contribution in [0.2, 0.25) is 0 Å². The van der Waals surface area contributed by atoms with E-state index in [1.54, 1.807) is 43.3 Å². The van der Waals surface area contributed by atoms with Crippen LogP contribution in [0.15, 0.2) is 59.7 Å². The number of hydrogen-bond donors (Lipinski definition) is 3. The van der Waals surface area contributed by atoms with Crippen molar-refractivity contribution in [1.29, 1.82) is 0 Å². The van der Waals surface area contributed by atoms with Crippen LogP contribution in [0.4, 0.5) is 0 Å². The SMILES string of the molecule is C[C@H](NC(=O)c1ccccc1)C(=O)N/N=C\c1ccc(O)cc1. The van der Waals surface area contributed by atoms with Gasteiger partial charge in [0.25, 0.3) is 11.8 Å². The molecule has 3 N–H and O–H groups in total. The van der Waals surface area contributed by atoms with Gasteiger partial charge in [-0.25, -0.2) is 5.43 Å². The van der Waals surface area contributed by atoms with Gasteiger partial charge < -0.3 is 10.4 Å².